The Morgan fingerprint density at radius 1 is 0.656 bits per heavy atom. The molecular weight excluding hydrogens is 809 g/mol. The number of aromatic nitrogens is 1. The van der Waals surface area contributed by atoms with E-state index in [1.807, 2.05) is 89.9 Å². The number of aliphatic hydroxyl groups excluding tert-OH is 4. The number of hydrogen-bond donors (Lipinski definition) is 9. The molecule has 3 rings (SSSR count). The van der Waals surface area contributed by atoms with Crippen LogP contribution in [0.15, 0.2) is 103 Å². The van der Waals surface area contributed by atoms with Crippen molar-refractivity contribution < 1.29 is 39.9 Å². The van der Waals surface area contributed by atoms with Crippen LogP contribution < -0.4 is 30.3 Å². The van der Waals surface area contributed by atoms with Gasteiger partial charge in [-0.3, -0.25) is 9.59 Å². The number of aryl methyl sites for hydroxylation is 1. The van der Waals surface area contributed by atoms with Crippen LogP contribution in [0.2, 0.25) is 0 Å². The highest BCUT2D eigenvalue weighted by Gasteiger charge is 2.07. The molecule has 61 heavy (non-hydrogen) atoms. The van der Waals surface area contributed by atoms with Crippen molar-refractivity contribution in [3.63, 3.8) is 0 Å². The molecule has 0 spiro atoms. The molecular formula is C47H72N6O6S2+2. The Bertz CT molecular complexity index is 1710. The van der Waals surface area contributed by atoms with Crippen molar-refractivity contribution in [1.29, 1.82) is 0 Å². The number of pyridine rings is 1. The van der Waals surface area contributed by atoms with Gasteiger partial charge in [0.2, 0.25) is 11.8 Å². The third-order valence-corrected chi connectivity index (χ3v) is 9.52. The van der Waals surface area contributed by atoms with Crippen molar-refractivity contribution in [2.45, 2.75) is 46.6 Å². The molecule has 14 heteroatoms. The highest BCUT2D eigenvalue weighted by atomic mass is 32.1. The number of benzene rings is 2. The maximum absolute atomic E-state index is 11.6. The standard InChI is InChI=1S/C23H31N3O3S.C23H35N3O3S.CH4/c27-17-15-26(16-18-28)22-7-5-20(6-8-22)3-4-21-9-13-25(14-10-21)12-1-2-23(29)24-11-19-30;1-2-20(11-13-24-12-3-4-23(29)25-14-19-30)5-6-21-7-9-22(10-8-21)26(15-17-27)16-18-28;/h3-10,13-14,27-28H,1-2,11-12,15-19H2,(H-,24,29,30);2,5-11,13,24,27-28,30H,3-4,12,14-19H2,1H3,(H,25,29);1H4/p+2/b;6-5+,13-11-,20-2-;. The molecule has 0 fully saturated rings. The van der Waals surface area contributed by atoms with Crippen LogP contribution in [-0.2, 0) is 16.1 Å². The summed E-state index contributed by atoms with van der Waals surface area (Å²) in [5.41, 5.74) is 6.32. The number of nitrogens with one attached hydrogen (secondary N) is 2. The number of rotatable bonds is 28. The number of nitrogens with zero attached hydrogens (tertiary/aromatic N) is 3. The molecule has 0 saturated carbocycles. The van der Waals surface area contributed by atoms with Crippen LogP contribution in [-0.4, -0.2) is 116 Å². The van der Waals surface area contributed by atoms with Gasteiger partial charge in [0.15, 0.2) is 12.4 Å². The molecule has 1 aromatic heterocycles. The normalized spacial score (nSPS) is 11.4. The SMILES string of the molecule is C.C/C=C(\C=C/[NH2+]CCCC(=O)NCCS)/C=C/c1ccc(N(CCO)CCO)cc1.O=C(CCC[n+]1ccc(/C=C/c2ccc(N(CCO)CCO)cc2)cc1)NCCS. The first kappa shape index (κ1) is 54.6. The van der Waals surface area contributed by atoms with Crippen LogP contribution in [0.1, 0.15) is 56.7 Å². The summed E-state index contributed by atoms with van der Waals surface area (Å²) in [7, 11) is 0. The van der Waals surface area contributed by atoms with Gasteiger partial charge >= 0.3 is 0 Å². The number of allylic oxidation sites excluding steroid dienone is 4. The average molecular weight is 881 g/mol. The summed E-state index contributed by atoms with van der Waals surface area (Å²) in [4.78, 5) is 27.0. The number of amides is 2. The van der Waals surface area contributed by atoms with Crippen LogP contribution in [0.25, 0.3) is 18.2 Å². The van der Waals surface area contributed by atoms with Gasteiger partial charge in [-0.15, -0.1) is 0 Å². The molecule has 1 heterocycles. The predicted octanol–water partition coefficient (Wildman–Crippen LogP) is 3.74. The minimum atomic E-state index is 0. The van der Waals surface area contributed by atoms with Gasteiger partial charge in [0.1, 0.15) is 6.54 Å². The molecule has 0 saturated heterocycles. The van der Waals surface area contributed by atoms with E-state index in [9.17, 15) is 9.59 Å². The topological polar surface area (TPSA) is 166 Å². The molecule has 8 N–H and O–H groups in total. The van der Waals surface area contributed by atoms with Crippen LogP contribution >= 0.6 is 25.3 Å². The predicted molar refractivity (Wildman–Crippen MR) is 259 cm³/mol. The summed E-state index contributed by atoms with van der Waals surface area (Å²) >= 11 is 8.15. The van der Waals surface area contributed by atoms with E-state index in [0.29, 0.717) is 63.6 Å². The second-order valence-corrected chi connectivity index (χ2v) is 14.5. The van der Waals surface area contributed by atoms with Crippen molar-refractivity contribution >= 4 is 66.7 Å². The summed E-state index contributed by atoms with van der Waals surface area (Å²) in [5.74, 6) is 1.48. The number of nitrogens with two attached hydrogens (primary N) is 1. The molecule has 0 aliphatic carbocycles. The lowest BCUT2D eigenvalue weighted by Crippen LogP contribution is -2.78. The molecule has 2 aromatic carbocycles. The highest BCUT2D eigenvalue weighted by molar-refractivity contribution is 7.80. The van der Waals surface area contributed by atoms with Crippen LogP contribution in [0, 0.1) is 0 Å². The molecule has 336 valence electrons. The molecule has 0 unspecified atom stereocenters. The largest absolute Gasteiger partial charge is 0.395 e. The highest BCUT2D eigenvalue weighted by Crippen LogP contribution is 2.18. The summed E-state index contributed by atoms with van der Waals surface area (Å²) < 4.78 is 2.08. The Morgan fingerprint density at radius 2 is 1.10 bits per heavy atom. The molecule has 0 bridgehead atoms. The zero-order valence-electron chi connectivity index (χ0n) is 35.1. The fraction of sp³-hybridized carbons (Fsp3) is 0.426. The van der Waals surface area contributed by atoms with E-state index < -0.39 is 0 Å². The van der Waals surface area contributed by atoms with E-state index in [1.165, 1.54) is 0 Å². The summed E-state index contributed by atoms with van der Waals surface area (Å²) in [6, 6.07) is 20.2. The second kappa shape index (κ2) is 35.2. The quantitative estimate of drug-likeness (QED) is 0.0231. The van der Waals surface area contributed by atoms with Crippen LogP contribution in [0.4, 0.5) is 11.4 Å². The van der Waals surface area contributed by atoms with Gasteiger partial charge in [-0.2, -0.15) is 25.3 Å². The van der Waals surface area contributed by atoms with Crippen molar-refractivity contribution in [3.8, 4) is 0 Å². The third-order valence-electron chi connectivity index (χ3n) is 9.07. The van der Waals surface area contributed by atoms with Crippen molar-refractivity contribution in [2.24, 2.45) is 0 Å². The number of quaternary nitrogens is 1. The van der Waals surface area contributed by atoms with E-state index in [-0.39, 0.29) is 45.7 Å². The monoisotopic (exact) mass is 880 g/mol. The summed E-state index contributed by atoms with van der Waals surface area (Å²) in [6.45, 7) is 7.12. The first-order valence-corrected chi connectivity index (χ1v) is 22.0. The Morgan fingerprint density at radius 3 is 1.54 bits per heavy atom. The van der Waals surface area contributed by atoms with Gasteiger partial charge in [0, 0.05) is 100.0 Å². The van der Waals surface area contributed by atoms with Gasteiger partial charge in [0.25, 0.3) is 0 Å². The summed E-state index contributed by atoms with van der Waals surface area (Å²) in [5, 5.41) is 44.3. The van der Waals surface area contributed by atoms with Crippen LogP contribution in [0.3, 0.4) is 0 Å². The van der Waals surface area contributed by atoms with Crippen molar-refractivity contribution in [1.82, 2.24) is 10.6 Å². The lowest BCUT2D eigenvalue weighted by atomic mass is 10.1. The second-order valence-electron chi connectivity index (χ2n) is 13.6. The lowest BCUT2D eigenvalue weighted by Gasteiger charge is -2.22. The van der Waals surface area contributed by atoms with Gasteiger partial charge in [-0.05, 0) is 59.5 Å². The number of carbonyl (C=O) groups is 2. The smallest absolute Gasteiger partial charge is 0.220 e. The van der Waals surface area contributed by atoms with E-state index >= 15 is 0 Å². The lowest BCUT2D eigenvalue weighted by molar-refractivity contribution is -0.697. The Hall–Kier alpha value is -4.41. The summed E-state index contributed by atoms with van der Waals surface area (Å²) in [6.07, 6.45) is 21.1. The van der Waals surface area contributed by atoms with Gasteiger partial charge < -0.3 is 46.2 Å². The Balaban J connectivity index is 0.000000600. The minimum Gasteiger partial charge on any atom is -0.395 e. The van der Waals surface area contributed by atoms with Crippen molar-refractivity contribution in [3.05, 3.63) is 120 Å². The maximum Gasteiger partial charge on any atom is 0.220 e. The third kappa shape index (κ3) is 24.6. The van der Waals surface area contributed by atoms with E-state index in [2.05, 4.69) is 88.3 Å². The fourth-order valence-corrected chi connectivity index (χ4v) is 6.05. The number of hydrogen-bond acceptors (Lipinski definition) is 10. The Kier molecular flexibility index (Phi) is 31.5. The van der Waals surface area contributed by atoms with E-state index in [0.717, 1.165) is 59.6 Å². The molecule has 2 amide bonds. The fourth-order valence-electron chi connectivity index (χ4n) is 5.82. The molecule has 12 nitrogen and oxygen atoms in total. The molecule has 0 aliphatic rings. The maximum atomic E-state index is 11.6. The Labute approximate surface area is 375 Å². The molecule has 0 atom stereocenters. The first-order chi connectivity index (χ1) is 29.3. The molecule has 0 aliphatic heterocycles. The average Bonchev–Trinajstić information content (AvgIpc) is 3.27. The van der Waals surface area contributed by atoms with Gasteiger partial charge in [0.05, 0.1) is 39.2 Å². The van der Waals surface area contributed by atoms with Gasteiger partial charge in [-0.25, -0.2) is 4.57 Å². The number of aliphatic hydroxyl groups is 4. The number of thiol groups is 2. The zero-order chi connectivity index (χ0) is 43.6. The van der Waals surface area contributed by atoms with E-state index in [4.69, 9.17) is 20.4 Å². The molecule has 0 radical (unpaired) electrons. The first-order valence-electron chi connectivity index (χ1n) is 20.7. The zero-order valence-corrected chi connectivity index (χ0v) is 36.9. The number of anilines is 2. The minimum absolute atomic E-state index is 0. The van der Waals surface area contributed by atoms with Crippen molar-refractivity contribution in [2.75, 3.05) is 93.5 Å². The van der Waals surface area contributed by atoms with Gasteiger partial charge in [-0.1, -0.05) is 62.1 Å². The van der Waals surface area contributed by atoms with E-state index in [1.54, 1.807) is 0 Å². The number of carbonyl (C=O) groups excluding carboxylic acids is 2. The van der Waals surface area contributed by atoms with Crippen LogP contribution in [0.5, 0.6) is 0 Å². The molecule has 3 aromatic rings.